The largest absolute Gasteiger partial charge is 0.496 e. The van der Waals surface area contributed by atoms with Gasteiger partial charge in [-0.05, 0) is 67.2 Å². The van der Waals surface area contributed by atoms with Crippen molar-refractivity contribution in [2.45, 2.75) is 50.1 Å². The third-order valence-corrected chi connectivity index (χ3v) is 8.81. The molecule has 2 aliphatic heterocycles. The predicted octanol–water partition coefficient (Wildman–Crippen LogP) is 2.95. The molecule has 0 aromatic heterocycles. The molecule has 0 radical (unpaired) electrons. The summed E-state index contributed by atoms with van der Waals surface area (Å²) in [4.78, 5) is 15.4. The van der Waals surface area contributed by atoms with Crippen LogP contribution in [0.25, 0.3) is 0 Å². The van der Waals surface area contributed by atoms with Crippen molar-refractivity contribution >= 4 is 15.9 Å². The van der Waals surface area contributed by atoms with Crippen molar-refractivity contribution in [3.8, 4) is 5.75 Å². The summed E-state index contributed by atoms with van der Waals surface area (Å²) in [7, 11) is -2.07. The number of piperidine rings is 1. The number of nitrogens with zero attached hydrogens (tertiary/aromatic N) is 2. The highest BCUT2D eigenvalue weighted by molar-refractivity contribution is 7.89. The molecule has 0 atom stereocenters. The smallest absolute Gasteiger partial charge is 0.243 e. The first kappa shape index (κ1) is 26.6. The molecule has 0 aliphatic carbocycles. The van der Waals surface area contributed by atoms with E-state index in [1.807, 2.05) is 6.07 Å². The van der Waals surface area contributed by atoms with Gasteiger partial charge in [0.05, 0.1) is 25.2 Å². The monoisotopic (exact) mass is 515 g/mol. The Balaban J connectivity index is 1.36. The van der Waals surface area contributed by atoms with Crippen LogP contribution in [-0.2, 0) is 39.1 Å². The molecule has 196 valence electrons. The highest BCUT2D eigenvalue weighted by Crippen LogP contribution is 2.26. The van der Waals surface area contributed by atoms with Crippen LogP contribution in [-0.4, -0.2) is 70.0 Å². The number of nitrogens with one attached hydrogen (secondary N) is 1. The van der Waals surface area contributed by atoms with Crippen LogP contribution in [0.5, 0.6) is 5.75 Å². The van der Waals surface area contributed by atoms with Crippen LogP contribution in [0.1, 0.15) is 42.4 Å². The Labute approximate surface area is 214 Å². The number of carbonyl (C=O) groups excluding carboxylic acids is 1. The standard InChI is InChI=1S/C27H37N3O5S/c1-34-26-11-10-25(36(32,33)30-15-17-35-18-16-30)19-22(26)9-12-27(31)28-20-23-7-3-4-8-24(23)21-29-13-5-2-6-14-29/h3-4,7-8,10-11,19H,2,5-6,9,12-18,20-21H2,1H3,(H,28,31). The Morgan fingerprint density at radius 1 is 0.972 bits per heavy atom. The molecule has 4 rings (SSSR count). The topological polar surface area (TPSA) is 88.2 Å². The van der Waals surface area contributed by atoms with Gasteiger partial charge in [0.2, 0.25) is 15.9 Å². The van der Waals surface area contributed by atoms with E-state index >= 15 is 0 Å². The van der Waals surface area contributed by atoms with Crippen molar-refractivity contribution < 1.29 is 22.7 Å². The van der Waals surface area contributed by atoms with Gasteiger partial charge in [-0.2, -0.15) is 4.31 Å². The van der Waals surface area contributed by atoms with E-state index in [2.05, 4.69) is 28.4 Å². The summed E-state index contributed by atoms with van der Waals surface area (Å²) < 4.78 is 38.3. The summed E-state index contributed by atoms with van der Waals surface area (Å²) in [6.45, 7) is 5.11. The molecular formula is C27H37N3O5S. The second-order valence-corrected chi connectivity index (χ2v) is 11.3. The van der Waals surface area contributed by atoms with Gasteiger partial charge in [-0.25, -0.2) is 8.42 Å². The van der Waals surface area contributed by atoms with Gasteiger partial charge in [0.1, 0.15) is 5.75 Å². The van der Waals surface area contributed by atoms with Gasteiger partial charge >= 0.3 is 0 Å². The second kappa shape index (κ2) is 12.7. The maximum atomic E-state index is 13.1. The van der Waals surface area contributed by atoms with Crippen molar-refractivity contribution in [3.63, 3.8) is 0 Å². The summed E-state index contributed by atoms with van der Waals surface area (Å²) in [6, 6.07) is 13.1. The molecule has 0 bridgehead atoms. The average Bonchev–Trinajstić information content (AvgIpc) is 2.92. The third kappa shape index (κ3) is 6.85. The minimum atomic E-state index is -3.62. The second-order valence-electron chi connectivity index (χ2n) is 9.37. The quantitative estimate of drug-likeness (QED) is 0.524. The first-order chi connectivity index (χ1) is 17.5. The molecule has 2 saturated heterocycles. The molecule has 0 unspecified atom stereocenters. The molecule has 0 spiro atoms. The lowest BCUT2D eigenvalue weighted by molar-refractivity contribution is -0.121. The predicted molar refractivity (Wildman–Crippen MR) is 138 cm³/mol. The zero-order chi connectivity index (χ0) is 25.4. The number of likely N-dealkylation sites (tertiary alicyclic amines) is 1. The summed E-state index contributed by atoms with van der Waals surface area (Å²) in [5.41, 5.74) is 3.09. The SMILES string of the molecule is COc1ccc(S(=O)(=O)N2CCOCC2)cc1CCC(=O)NCc1ccccc1CN1CCCCC1. The van der Waals surface area contributed by atoms with Crippen LogP contribution in [0.4, 0.5) is 0 Å². The van der Waals surface area contributed by atoms with Gasteiger partial charge in [0, 0.05) is 32.6 Å². The molecule has 1 amide bonds. The van der Waals surface area contributed by atoms with Gasteiger partial charge in [-0.1, -0.05) is 30.7 Å². The van der Waals surface area contributed by atoms with Crippen LogP contribution in [0.15, 0.2) is 47.4 Å². The van der Waals surface area contributed by atoms with E-state index in [1.54, 1.807) is 25.3 Å². The summed E-state index contributed by atoms with van der Waals surface area (Å²) in [5, 5.41) is 3.04. The summed E-state index contributed by atoms with van der Waals surface area (Å²) in [5.74, 6) is 0.502. The fourth-order valence-corrected chi connectivity index (χ4v) is 6.28. The van der Waals surface area contributed by atoms with E-state index in [9.17, 15) is 13.2 Å². The first-order valence-corrected chi connectivity index (χ1v) is 14.2. The number of aryl methyl sites for hydroxylation is 1. The normalized spacial score (nSPS) is 17.6. The summed E-state index contributed by atoms with van der Waals surface area (Å²) in [6.07, 6.45) is 4.43. The molecular weight excluding hydrogens is 478 g/mol. The lowest BCUT2D eigenvalue weighted by Crippen LogP contribution is -2.40. The van der Waals surface area contributed by atoms with E-state index in [1.165, 1.54) is 29.1 Å². The van der Waals surface area contributed by atoms with Crippen molar-refractivity contribution in [1.29, 1.82) is 0 Å². The van der Waals surface area contributed by atoms with Crippen molar-refractivity contribution in [2.75, 3.05) is 46.5 Å². The van der Waals surface area contributed by atoms with Crippen LogP contribution < -0.4 is 10.1 Å². The lowest BCUT2D eigenvalue weighted by atomic mass is 10.0. The number of morpholine rings is 1. The van der Waals surface area contributed by atoms with E-state index in [4.69, 9.17) is 9.47 Å². The van der Waals surface area contributed by atoms with Gasteiger partial charge in [0.15, 0.2) is 0 Å². The number of rotatable bonds is 10. The zero-order valence-corrected chi connectivity index (χ0v) is 21.9. The van der Waals surface area contributed by atoms with Crippen LogP contribution in [0.2, 0.25) is 0 Å². The van der Waals surface area contributed by atoms with E-state index < -0.39 is 10.0 Å². The third-order valence-electron chi connectivity index (χ3n) is 6.92. The Bertz CT molecular complexity index is 1130. The highest BCUT2D eigenvalue weighted by atomic mass is 32.2. The van der Waals surface area contributed by atoms with Gasteiger partial charge < -0.3 is 14.8 Å². The molecule has 9 heteroatoms. The van der Waals surface area contributed by atoms with Crippen molar-refractivity contribution in [3.05, 3.63) is 59.2 Å². The minimum absolute atomic E-state index is 0.0775. The van der Waals surface area contributed by atoms with E-state index in [0.717, 1.165) is 25.2 Å². The average molecular weight is 516 g/mol. The number of methoxy groups -OCH3 is 1. The zero-order valence-electron chi connectivity index (χ0n) is 21.1. The van der Waals surface area contributed by atoms with Crippen LogP contribution >= 0.6 is 0 Å². The molecule has 2 aliphatic rings. The first-order valence-electron chi connectivity index (χ1n) is 12.8. The molecule has 2 heterocycles. The highest BCUT2D eigenvalue weighted by Gasteiger charge is 2.27. The molecule has 2 aromatic rings. The maximum absolute atomic E-state index is 13.1. The van der Waals surface area contributed by atoms with Crippen molar-refractivity contribution in [2.24, 2.45) is 0 Å². The Kier molecular flexibility index (Phi) is 9.36. The van der Waals surface area contributed by atoms with Gasteiger partial charge in [0.25, 0.3) is 0 Å². The summed E-state index contributed by atoms with van der Waals surface area (Å²) >= 11 is 0. The number of sulfonamides is 1. The molecule has 2 fully saturated rings. The maximum Gasteiger partial charge on any atom is 0.243 e. The minimum Gasteiger partial charge on any atom is -0.496 e. The number of benzene rings is 2. The van der Waals surface area contributed by atoms with Crippen LogP contribution in [0, 0.1) is 0 Å². The Morgan fingerprint density at radius 2 is 1.69 bits per heavy atom. The molecule has 36 heavy (non-hydrogen) atoms. The van der Waals surface area contributed by atoms with Gasteiger partial charge in [-0.3, -0.25) is 9.69 Å². The van der Waals surface area contributed by atoms with Crippen LogP contribution in [0.3, 0.4) is 0 Å². The number of hydrogen-bond donors (Lipinski definition) is 1. The molecule has 0 saturated carbocycles. The molecule has 8 nitrogen and oxygen atoms in total. The van der Waals surface area contributed by atoms with Gasteiger partial charge in [-0.15, -0.1) is 0 Å². The fraction of sp³-hybridized carbons (Fsp3) is 0.519. The van der Waals surface area contributed by atoms with E-state index in [-0.39, 0.29) is 17.2 Å². The number of carbonyl (C=O) groups is 1. The number of amides is 1. The lowest BCUT2D eigenvalue weighted by Gasteiger charge is -2.27. The van der Waals surface area contributed by atoms with E-state index in [0.29, 0.717) is 50.6 Å². The fourth-order valence-electron chi connectivity index (χ4n) is 4.82. The van der Waals surface area contributed by atoms with Crippen molar-refractivity contribution in [1.82, 2.24) is 14.5 Å². The number of ether oxygens (including phenoxy) is 2. The number of hydrogen-bond acceptors (Lipinski definition) is 6. The Morgan fingerprint density at radius 3 is 2.42 bits per heavy atom. The molecule has 2 aromatic carbocycles. The Hall–Kier alpha value is -2.46. The molecule has 1 N–H and O–H groups in total.